The van der Waals surface area contributed by atoms with Crippen LogP contribution in [-0.2, 0) is 16.4 Å². The average molecular weight is 274 g/mol. The van der Waals surface area contributed by atoms with Crippen LogP contribution in [0, 0.1) is 0 Å². The maximum absolute atomic E-state index is 11.9. The van der Waals surface area contributed by atoms with Gasteiger partial charge in [0.25, 0.3) is 5.91 Å². The number of nitrogens with one attached hydrogen (secondary N) is 2. The summed E-state index contributed by atoms with van der Waals surface area (Å²) in [5.74, 6) is -0.538. The number of carbonyl (C=O) groups is 1. The second-order valence-electron chi connectivity index (χ2n) is 4.06. The molecule has 7 nitrogen and oxygen atoms in total. The van der Waals surface area contributed by atoms with Gasteiger partial charge < -0.3 is 5.32 Å². The van der Waals surface area contributed by atoms with E-state index in [-0.39, 0.29) is 16.6 Å². The Labute approximate surface area is 106 Å². The van der Waals surface area contributed by atoms with Gasteiger partial charge in [0.1, 0.15) is 4.90 Å². The molecule has 102 valence electrons. The van der Waals surface area contributed by atoms with Crippen molar-refractivity contribution in [1.29, 1.82) is 0 Å². The minimum Gasteiger partial charge on any atom is -0.348 e. The summed E-state index contributed by atoms with van der Waals surface area (Å²) in [6.07, 6.45) is 1.14. The van der Waals surface area contributed by atoms with Gasteiger partial charge in [0.15, 0.2) is 5.69 Å². The molecule has 0 fully saturated rings. The molecular weight excluding hydrogens is 256 g/mol. The van der Waals surface area contributed by atoms with Crippen molar-refractivity contribution in [2.75, 3.05) is 0 Å². The van der Waals surface area contributed by atoms with E-state index in [0.29, 0.717) is 12.1 Å². The molecule has 1 amide bonds. The molecule has 0 saturated heterocycles. The van der Waals surface area contributed by atoms with Gasteiger partial charge in [-0.15, -0.1) is 0 Å². The van der Waals surface area contributed by atoms with Crippen molar-refractivity contribution in [1.82, 2.24) is 15.5 Å². The van der Waals surface area contributed by atoms with Crippen LogP contribution in [0.15, 0.2) is 4.90 Å². The Morgan fingerprint density at radius 1 is 1.50 bits per heavy atom. The fraction of sp³-hybridized carbons (Fsp3) is 0.600. The van der Waals surface area contributed by atoms with Crippen LogP contribution in [0.1, 0.15) is 43.4 Å². The molecule has 1 heterocycles. The van der Waals surface area contributed by atoms with Crippen molar-refractivity contribution < 1.29 is 13.2 Å². The van der Waals surface area contributed by atoms with Gasteiger partial charge in [0, 0.05) is 6.04 Å². The van der Waals surface area contributed by atoms with E-state index in [1.54, 1.807) is 6.92 Å². The van der Waals surface area contributed by atoms with Crippen LogP contribution in [0.4, 0.5) is 0 Å². The first-order valence-electron chi connectivity index (χ1n) is 5.72. The molecule has 0 radical (unpaired) electrons. The third-order valence-electron chi connectivity index (χ3n) is 2.63. The number of nitrogens with two attached hydrogens (primary N) is 1. The van der Waals surface area contributed by atoms with Crippen molar-refractivity contribution in [2.24, 2.45) is 5.14 Å². The predicted octanol–water partition coefficient (Wildman–Crippen LogP) is 0.148. The minimum atomic E-state index is -3.98. The number of primary sulfonamides is 1. The number of aryl methyl sites for hydroxylation is 1. The monoisotopic (exact) mass is 274 g/mol. The molecule has 1 unspecified atom stereocenters. The van der Waals surface area contributed by atoms with Gasteiger partial charge in [-0.25, -0.2) is 13.6 Å². The third-order valence-corrected chi connectivity index (χ3v) is 3.64. The summed E-state index contributed by atoms with van der Waals surface area (Å²) in [4.78, 5) is 11.7. The zero-order chi connectivity index (χ0) is 13.9. The van der Waals surface area contributed by atoms with E-state index in [4.69, 9.17) is 5.14 Å². The molecule has 0 aromatic carbocycles. The number of aromatic amines is 1. The minimum absolute atomic E-state index is 0.0624. The fourth-order valence-corrected chi connectivity index (χ4v) is 2.40. The molecule has 18 heavy (non-hydrogen) atoms. The lowest BCUT2D eigenvalue weighted by Gasteiger charge is -2.10. The van der Waals surface area contributed by atoms with Gasteiger partial charge in [-0.2, -0.15) is 5.10 Å². The molecule has 0 aliphatic carbocycles. The molecule has 1 aromatic heterocycles. The molecule has 1 atom stereocenters. The smallest absolute Gasteiger partial charge is 0.273 e. The van der Waals surface area contributed by atoms with Gasteiger partial charge >= 0.3 is 0 Å². The Morgan fingerprint density at radius 3 is 2.56 bits per heavy atom. The summed E-state index contributed by atoms with van der Waals surface area (Å²) < 4.78 is 23.0. The normalized spacial score (nSPS) is 13.3. The second kappa shape index (κ2) is 5.49. The Balaban J connectivity index is 3.18. The summed E-state index contributed by atoms with van der Waals surface area (Å²) in [5.41, 5.74) is 0.168. The van der Waals surface area contributed by atoms with Gasteiger partial charge in [-0.1, -0.05) is 13.8 Å². The lowest BCUT2D eigenvalue weighted by molar-refractivity contribution is 0.0931. The molecule has 0 aliphatic rings. The highest BCUT2D eigenvalue weighted by molar-refractivity contribution is 7.89. The molecule has 1 rings (SSSR count). The maximum atomic E-state index is 11.9. The molecule has 1 aromatic rings. The number of amides is 1. The van der Waals surface area contributed by atoms with Crippen molar-refractivity contribution >= 4 is 15.9 Å². The van der Waals surface area contributed by atoms with Crippen LogP contribution in [-0.4, -0.2) is 30.6 Å². The summed E-state index contributed by atoms with van der Waals surface area (Å²) in [6.45, 7) is 5.48. The fourth-order valence-electron chi connectivity index (χ4n) is 1.46. The Morgan fingerprint density at radius 2 is 2.11 bits per heavy atom. The highest BCUT2D eigenvalue weighted by atomic mass is 32.2. The number of sulfonamides is 1. The van der Waals surface area contributed by atoms with Crippen LogP contribution >= 0.6 is 0 Å². The Hall–Kier alpha value is -1.41. The lowest BCUT2D eigenvalue weighted by atomic mass is 10.2. The van der Waals surface area contributed by atoms with E-state index in [0.717, 1.165) is 6.42 Å². The predicted molar refractivity (Wildman–Crippen MR) is 66.6 cm³/mol. The Bertz CT molecular complexity index is 535. The number of rotatable bonds is 5. The first-order valence-corrected chi connectivity index (χ1v) is 7.26. The van der Waals surface area contributed by atoms with Crippen molar-refractivity contribution in [3.63, 3.8) is 0 Å². The number of carbonyl (C=O) groups excluding carboxylic acids is 1. The first-order chi connectivity index (χ1) is 8.31. The van der Waals surface area contributed by atoms with Crippen molar-refractivity contribution in [3.8, 4) is 0 Å². The first kappa shape index (κ1) is 14.7. The number of hydrogen-bond acceptors (Lipinski definition) is 4. The summed E-state index contributed by atoms with van der Waals surface area (Å²) in [6, 6.07) is -0.0624. The van der Waals surface area contributed by atoms with Crippen molar-refractivity contribution in [2.45, 2.75) is 44.6 Å². The quantitative estimate of drug-likeness (QED) is 0.708. The topological polar surface area (TPSA) is 118 Å². The van der Waals surface area contributed by atoms with E-state index in [1.807, 2.05) is 13.8 Å². The molecule has 8 heteroatoms. The zero-order valence-electron chi connectivity index (χ0n) is 10.6. The number of aromatic nitrogens is 2. The van der Waals surface area contributed by atoms with Crippen LogP contribution in [0.25, 0.3) is 0 Å². The number of nitrogens with zero attached hydrogens (tertiary/aromatic N) is 1. The van der Waals surface area contributed by atoms with Crippen molar-refractivity contribution in [3.05, 3.63) is 11.4 Å². The van der Waals surface area contributed by atoms with E-state index >= 15 is 0 Å². The molecule has 0 bridgehead atoms. The molecule has 0 spiro atoms. The van der Waals surface area contributed by atoms with Gasteiger partial charge in [0.05, 0.1) is 5.69 Å². The SMILES string of the molecule is CCc1[nH]nc(C(=O)NC(C)CC)c1S(N)(=O)=O. The van der Waals surface area contributed by atoms with E-state index in [1.165, 1.54) is 0 Å². The number of H-pyrrole nitrogens is 1. The molecular formula is C10H18N4O3S. The second-order valence-corrected chi connectivity index (χ2v) is 5.56. The average Bonchev–Trinajstić information content (AvgIpc) is 2.72. The summed E-state index contributed by atoms with van der Waals surface area (Å²) in [5, 5.41) is 14.0. The van der Waals surface area contributed by atoms with Crippen LogP contribution in [0.2, 0.25) is 0 Å². The highest BCUT2D eigenvalue weighted by Gasteiger charge is 2.27. The molecule has 0 saturated carbocycles. The van der Waals surface area contributed by atoms with E-state index < -0.39 is 15.9 Å². The largest absolute Gasteiger partial charge is 0.348 e. The van der Waals surface area contributed by atoms with Gasteiger partial charge in [-0.05, 0) is 19.8 Å². The highest BCUT2D eigenvalue weighted by Crippen LogP contribution is 2.17. The summed E-state index contributed by atoms with van der Waals surface area (Å²) in [7, 11) is -3.98. The van der Waals surface area contributed by atoms with E-state index in [2.05, 4.69) is 15.5 Å². The lowest BCUT2D eigenvalue weighted by Crippen LogP contribution is -2.33. The summed E-state index contributed by atoms with van der Waals surface area (Å²) >= 11 is 0. The standard InChI is InChI=1S/C10H18N4O3S/c1-4-6(3)12-10(15)8-9(18(11,16)17)7(5-2)13-14-8/h6H,4-5H2,1-3H3,(H,12,15)(H,13,14)(H2,11,16,17). The maximum Gasteiger partial charge on any atom is 0.273 e. The van der Waals surface area contributed by atoms with Gasteiger partial charge in [-0.3, -0.25) is 9.89 Å². The Kier molecular flexibility index (Phi) is 4.47. The molecule has 0 aliphatic heterocycles. The van der Waals surface area contributed by atoms with Crippen LogP contribution in [0.5, 0.6) is 0 Å². The zero-order valence-corrected chi connectivity index (χ0v) is 11.5. The van der Waals surface area contributed by atoms with E-state index in [9.17, 15) is 13.2 Å². The van der Waals surface area contributed by atoms with Crippen LogP contribution in [0.3, 0.4) is 0 Å². The van der Waals surface area contributed by atoms with Gasteiger partial charge in [0.2, 0.25) is 10.0 Å². The number of hydrogen-bond donors (Lipinski definition) is 3. The molecule has 4 N–H and O–H groups in total. The third kappa shape index (κ3) is 3.08. The van der Waals surface area contributed by atoms with Crippen LogP contribution < -0.4 is 10.5 Å².